The average Bonchev–Trinajstić information content (AvgIpc) is 2.22. The molecular formula is C13H19IN2O. The van der Waals surface area contributed by atoms with Crippen molar-refractivity contribution in [3.05, 3.63) is 26.8 Å². The topological polar surface area (TPSA) is 58.6 Å². The first kappa shape index (κ1) is 14.3. The van der Waals surface area contributed by atoms with Crippen molar-refractivity contribution in [1.29, 1.82) is 0 Å². The van der Waals surface area contributed by atoms with E-state index in [0.29, 0.717) is 23.9 Å². The second-order valence-electron chi connectivity index (χ2n) is 4.43. The van der Waals surface area contributed by atoms with Gasteiger partial charge in [-0.3, -0.25) is 4.99 Å². The van der Waals surface area contributed by atoms with Gasteiger partial charge in [0.15, 0.2) is 0 Å². The van der Waals surface area contributed by atoms with E-state index in [9.17, 15) is 5.11 Å². The largest absolute Gasteiger partial charge is 0.506 e. The number of nitrogens with two attached hydrogens (primary N) is 1. The quantitative estimate of drug-likeness (QED) is 0.500. The zero-order valence-corrected chi connectivity index (χ0v) is 12.7. The summed E-state index contributed by atoms with van der Waals surface area (Å²) in [5.41, 5.74) is 7.70. The van der Waals surface area contributed by atoms with Crippen LogP contribution < -0.4 is 5.73 Å². The lowest BCUT2D eigenvalue weighted by Crippen LogP contribution is -2.15. The van der Waals surface area contributed by atoms with Crippen LogP contribution in [0.25, 0.3) is 0 Å². The molecule has 0 saturated carbocycles. The summed E-state index contributed by atoms with van der Waals surface area (Å²) in [6.07, 6.45) is 0.975. The van der Waals surface area contributed by atoms with E-state index in [-0.39, 0.29) is 5.75 Å². The van der Waals surface area contributed by atoms with Gasteiger partial charge in [-0.15, -0.1) is 0 Å². The number of rotatable bonds is 4. The highest BCUT2D eigenvalue weighted by atomic mass is 127. The second-order valence-corrected chi connectivity index (χ2v) is 5.59. The lowest BCUT2D eigenvalue weighted by molar-refractivity contribution is 0.469. The fraction of sp³-hybridized carbons (Fsp3) is 0.462. The Bertz CT molecular complexity index is 428. The molecule has 0 aromatic heterocycles. The number of nitrogens with zero attached hydrogens (tertiary/aromatic N) is 1. The van der Waals surface area contributed by atoms with E-state index in [2.05, 4.69) is 41.4 Å². The molecule has 0 heterocycles. The lowest BCUT2D eigenvalue weighted by Gasteiger charge is -2.11. The Balaban J connectivity index is 3.20. The number of benzene rings is 1. The monoisotopic (exact) mass is 346 g/mol. The summed E-state index contributed by atoms with van der Waals surface area (Å²) in [5.74, 6) is 1.22. The van der Waals surface area contributed by atoms with Gasteiger partial charge >= 0.3 is 0 Å². The molecule has 1 aromatic carbocycles. The molecule has 0 radical (unpaired) electrons. The summed E-state index contributed by atoms with van der Waals surface area (Å²) in [6.45, 7) is 6.88. The van der Waals surface area contributed by atoms with Crippen LogP contribution in [0.3, 0.4) is 0 Å². The Kier molecular flexibility index (Phi) is 5.24. The van der Waals surface area contributed by atoms with Crippen LogP contribution >= 0.6 is 22.6 Å². The van der Waals surface area contributed by atoms with Crippen LogP contribution in [0.4, 0.5) is 0 Å². The molecule has 1 aromatic rings. The molecule has 0 saturated heterocycles. The molecule has 17 heavy (non-hydrogen) atoms. The van der Waals surface area contributed by atoms with Gasteiger partial charge in [-0.05, 0) is 59.5 Å². The van der Waals surface area contributed by atoms with E-state index >= 15 is 0 Å². The van der Waals surface area contributed by atoms with E-state index in [0.717, 1.165) is 9.99 Å². The van der Waals surface area contributed by atoms with Crippen molar-refractivity contribution in [2.45, 2.75) is 27.2 Å². The maximum Gasteiger partial charge on any atom is 0.139 e. The minimum atomic E-state index is 0.229. The zero-order valence-electron chi connectivity index (χ0n) is 10.5. The fourth-order valence-electron chi connectivity index (χ4n) is 1.70. The Morgan fingerprint density at radius 1 is 1.47 bits per heavy atom. The van der Waals surface area contributed by atoms with Crippen LogP contribution in [-0.2, 0) is 6.42 Å². The van der Waals surface area contributed by atoms with E-state index < -0.39 is 0 Å². The highest BCUT2D eigenvalue weighted by Crippen LogP contribution is 2.27. The van der Waals surface area contributed by atoms with E-state index in [1.165, 1.54) is 5.56 Å². The Hall–Kier alpha value is -0.780. The Morgan fingerprint density at radius 2 is 2.12 bits per heavy atom. The van der Waals surface area contributed by atoms with Crippen molar-refractivity contribution in [3.63, 3.8) is 0 Å². The molecule has 0 unspecified atom stereocenters. The molecule has 0 aliphatic rings. The van der Waals surface area contributed by atoms with Crippen LogP contribution in [0.5, 0.6) is 5.75 Å². The van der Waals surface area contributed by atoms with Crippen molar-refractivity contribution in [3.8, 4) is 5.75 Å². The molecule has 1 rings (SSSR count). The smallest absolute Gasteiger partial charge is 0.139 e. The minimum Gasteiger partial charge on any atom is -0.506 e. The summed E-state index contributed by atoms with van der Waals surface area (Å²) in [6, 6.07) is 3.94. The Morgan fingerprint density at radius 3 is 2.65 bits per heavy atom. The summed E-state index contributed by atoms with van der Waals surface area (Å²) in [5, 5.41) is 9.98. The summed E-state index contributed by atoms with van der Waals surface area (Å²) < 4.78 is 0.824. The van der Waals surface area contributed by atoms with E-state index in [1.807, 2.05) is 19.1 Å². The number of aromatic hydroxyl groups is 1. The molecule has 0 spiro atoms. The van der Waals surface area contributed by atoms with Gasteiger partial charge in [0, 0.05) is 6.54 Å². The highest BCUT2D eigenvalue weighted by molar-refractivity contribution is 14.1. The maximum absolute atomic E-state index is 9.98. The second kappa shape index (κ2) is 6.23. The highest BCUT2D eigenvalue weighted by Gasteiger charge is 2.11. The van der Waals surface area contributed by atoms with Crippen LogP contribution in [0.15, 0.2) is 17.1 Å². The summed E-state index contributed by atoms with van der Waals surface area (Å²) >= 11 is 2.12. The van der Waals surface area contributed by atoms with Gasteiger partial charge in [-0.25, -0.2) is 0 Å². The Labute approximate surface area is 116 Å². The SMILES string of the molecule is CCN=C(N)c1cc(CC(C)C)cc(I)c1O. The van der Waals surface area contributed by atoms with Crippen LogP contribution in [0.1, 0.15) is 31.9 Å². The lowest BCUT2D eigenvalue weighted by atomic mass is 10.00. The molecule has 3 nitrogen and oxygen atoms in total. The van der Waals surface area contributed by atoms with Crippen molar-refractivity contribution < 1.29 is 5.11 Å². The molecule has 0 bridgehead atoms. The molecule has 94 valence electrons. The van der Waals surface area contributed by atoms with Gasteiger partial charge in [0.1, 0.15) is 11.6 Å². The summed E-state index contributed by atoms with van der Waals surface area (Å²) in [7, 11) is 0. The normalized spacial score (nSPS) is 12.2. The van der Waals surface area contributed by atoms with Gasteiger partial charge < -0.3 is 10.8 Å². The first-order chi connectivity index (χ1) is 7.95. The number of amidine groups is 1. The number of halogens is 1. The molecule has 0 atom stereocenters. The average molecular weight is 346 g/mol. The molecule has 3 N–H and O–H groups in total. The summed E-state index contributed by atoms with van der Waals surface area (Å²) in [4.78, 5) is 4.15. The molecule has 0 aliphatic heterocycles. The van der Waals surface area contributed by atoms with Crippen molar-refractivity contribution in [2.24, 2.45) is 16.6 Å². The first-order valence-electron chi connectivity index (χ1n) is 5.77. The van der Waals surface area contributed by atoms with Crippen LogP contribution in [0.2, 0.25) is 0 Å². The minimum absolute atomic E-state index is 0.229. The molecule has 0 fully saturated rings. The van der Waals surface area contributed by atoms with Crippen molar-refractivity contribution in [2.75, 3.05) is 6.54 Å². The maximum atomic E-state index is 9.98. The number of phenols is 1. The van der Waals surface area contributed by atoms with Crippen molar-refractivity contribution in [1.82, 2.24) is 0 Å². The van der Waals surface area contributed by atoms with Crippen LogP contribution in [0, 0.1) is 9.49 Å². The number of phenolic OH excluding ortho intramolecular Hbond substituents is 1. The van der Waals surface area contributed by atoms with Crippen LogP contribution in [-0.4, -0.2) is 17.5 Å². The number of hydrogen-bond donors (Lipinski definition) is 2. The predicted octanol–water partition coefficient (Wildman–Crippen LogP) is 2.92. The number of hydrogen-bond acceptors (Lipinski definition) is 2. The third-order valence-corrected chi connectivity index (χ3v) is 3.19. The van der Waals surface area contributed by atoms with Gasteiger partial charge in [0.25, 0.3) is 0 Å². The van der Waals surface area contributed by atoms with E-state index in [1.54, 1.807) is 0 Å². The molecule has 0 amide bonds. The first-order valence-corrected chi connectivity index (χ1v) is 6.85. The van der Waals surface area contributed by atoms with Gasteiger partial charge in [0.05, 0.1) is 9.13 Å². The van der Waals surface area contributed by atoms with Gasteiger partial charge in [-0.1, -0.05) is 13.8 Å². The van der Waals surface area contributed by atoms with E-state index in [4.69, 9.17) is 5.73 Å². The third kappa shape index (κ3) is 3.87. The molecular weight excluding hydrogens is 327 g/mol. The zero-order chi connectivity index (χ0) is 13.0. The molecule has 0 aliphatic carbocycles. The van der Waals surface area contributed by atoms with Gasteiger partial charge in [-0.2, -0.15) is 0 Å². The molecule has 4 heteroatoms. The fourth-order valence-corrected chi connectivity index (χ4v) is 2.39. The predicted molar refractivity (Wildman–Crippen MR) is 80.6 cm³/mol. The number of aliphatic imine (C=N–C) groups is 1. The van der Waals surface area contributed by atoms with Gasteiger partial charge in [0.2, 0.25) is 0 Å². The standard InChI is InChI=1S/C13H19IN2O/c1-4-16-13(15)10-6-9(5-8(2)3)7-11(14)12(10)17/h6-8,17H,4-5H2,1-3H3,(H2,15,16). The van der Waals surface area contributed by atoms with Crippen molar-refractivity contribution >= 4 is 28.4 Å². The third-order valence-electron chi connectivity index (χ3n) is 2.37.